The van der Waals surface area contributed by atoms with Crippen molar-refractivity contribution in [3.8, 4) is 0 Å². The minimum atomic E-state index is 0.199. The van der Waals surface area contributed by atoms with Gasteiger partial charge in [0.2, 0.25) is 0 Å². The molecule has 6 atom stereocenters. The second-order valence-corrected chi connectivity index (χ2v) is 13.5. The van der Waals surface area contributed by atoms with Gasteiger partial charge in [0.1, 0.15) is 6.17 Å². The maximum atomic E-state index is 2.72. The lowest BCUT2D eigenvalue weighted by molar-refractivity contribution is 0.132. The highest BCUT2D eigenvalue weighted by atomic mass is 15.4. The standard InChI is InChI=1S/C37H33N3.2C2H6/c1-21-11-6-12-23-13-8-17-26(30(21)23)39-22(2)35(3)33-36(4)34-38(5)25-16-7-14-24-15-9-18-27(31(24)25)40(34)29-20-10-19-28(39)32(29)37(33,35)36;2*1-2/h6-20,22,33-34H,1-5H3;2*1-2H3. The van der Waals surface area contributed by atoms with E-state index in [2.05, 4.69) is 140 Å². The SMILES string of the molecule is CC.CC.Cc1cccc2cccc(N3c4cccc5c4C46C(C4(C)C3C)C6(C)C3N(C)c4cccc6cccc(c46)N53)c12. The first kappa shape index (κ1) is 27.6. The van der Waals surface area contributed by atoms with Gasteiger partial charge in [-0.25, -0.2) is 0 Å². The van der Waals surface area contributed by atoms with Crippen LogP contribution < -0.4 is 14.7 Å². The van der Waals surface area contributed by atoms with E-state index in [4.69, 9.17) is 0 Å². The van der Waals surface area contributed by atoms with Crippen LogP contribution >= 0.6 is 0 Å². The number of aryl methyl sites for hydroxylation is 1. The van der Waals surface area contributed by atoms with Crippen molar-refractivity contribution in [3.05, 3.63) is 102 Å². The summed E-state index contributed by atoms with van der Waals surface area (Å²) < 4.78 is 0. The number of fused-ring (bicyclic) bond motifs is 7. The third-order valence-corrected chi connectivity index (χ3v) is 12.4. The summed E-state index contributed by atoms with van der Waals surface area (Å²) in [5, 5.41) is 5.41. The molecule has 6 unspecified atom stereocenters. The molecule has 3 heteroatoms. The minimum absolute atomic E-state index is 0.199. The molecular formula is C41H45N3. The molecule has 3 aliphatic heterocycles. The molecule has 3 heterocycles. The summed E-state index contributed by atoms with van der Waals surface area (Å²) in [4.78, 5) is 8.04. The van der Waals surface area contributed by atoms with Crippen LogP contribution in [0.25, 0.3) is 21.5 Å². The first-order chi connectivity index (χ1) is 21.4. The van der Waals surface area contributed by atoms with Crippen LogP contribution in [0.1, 0.15) is 59.6 Å². The van der Waals surface area contributed by atoms with Gasteiger partial charge >= 0.3 is 0 Å². The van der Waals surface area contributed by atoms with Gasteiger partial charge in [0.25, 0.3) is 0 Å². The molecule has 3 nitrogen and oxygen atoms in total. The molecule has 5 aromatic carbocycles. The van der Waals surface area contributed by atoms with Crippen molar-refractivity contribution in [3.63, 3.8) is 0 Å². The zero-order valence-corrected chi connectivity index (χ0v) is 27.7. The van der Waals surface area contributed by atoms with E-state index < -0.39 is 0 Å². The van der Waals surface area contributed by atoms with Crippen LogP contribution in [0.4, 0.5) is 28.4 Å². The number of rotatable bonds is 1. The molecule has 0 bridgehead atoms. The Morgan fingerprint density at radius 2 is 1.05 bits per heavy atom. The predicted molar refractivity (Wildman–Crippen MR) is 189 cm³/mol. The van der Waals surface area contributed by atoms with Gasteiger partial charge < -0.3 is 14.7 Å². The smallest absolute Gasteiger partial charge is 0.113 e. The number of anilines is 5. The first-order valence-corrected chi connectivity index (χ1v) is 16.8. The Kier molecular flexibility index (Phi) is 5.52. The van der Waals surface area contributed by atoms with E-state index in [1.165, 1.54) is 55.5 Å². The molecule has 5 aliphatic rings. The van der Waals surface area contributed by atoms with Gasteiger partial charge in [-0.2, -0.15) is 0 Å². The molecule has 2 fully saturated rings. The van der Waals surface area contributed by atoms with E-state index in [0.717, 1.165) is 0 Å². The lowest BCUT2D eigenvalue weighted by Crippen LogP contribution is -2.63. The molecule has 0 aromatic heterocycles. The van der Waals surface area contributed by atoms with E-state index in [0.29, 0.717) is 18.1 Å². The number of nitrogens with zero attached hydrogens (tertiary/aromatic N) is 3. The fourth-order valence-electron chi connectivity index (χ4n) is 11.0. The fraction of sp³-hybridized carbons (Fsp3) is 0.366. The van der Waals surface area contributed by atoms with Gasteiger partial charge in [-0.1, -0.05) is 102 Å². The van der Waals surface area contributed by atoms with Crippen LogP contribution in [0, 0.1) is 23.7 Å². The zero-order chi connectivity index (χ0) is 30.9. The van der Waals surface area contributed by atoms with Gasteiger partial charge in [-0.05, 0) is 66.4 Å². The Morgan fingerprint density at radius 3 is 1.68 bits per heavy atom. The van der Waals surface area contributed by atoms with E-state index in [9.17, 15) is 0 Å². The quantitative estimate of drug-likeness (QED) is 0.196. The molecule has 44 heavy (non-hydrogen) atoms. The Balaban J connectivity index is 0.000000697. The summed E-state index contributed by atoms with van der Waals surface area (Å²) in [6, 6.07) is 34.8. The topological polar surface area (TPSA) is 9.72 Å². The highest BCUT2D eigenvalue weighted by Gasteiger charge is 3.05. The van der Waals surface area contributed by atoms with Crippen molar-refractivity contribution in [2.24, 2.45) is 16.7 Å². The monoisotopic (exact) mass is 579 g/mol. The Morgan fingerprint density at radius 1 is 0.568 bits per heavy atom. The van der Waals surface area contributed by atoms with Crippen molar-refractivity contribution in [2.45, 2.75) is 73.0 Å². The van der Waals surface area contributed by atoms with Gasteiger partial charge in [-0.3, -0.25) is 0 Å². The molecule has 5 aromatic rings. The third kappa shape index (κ3) is 2.66. The highest BCUT2D eigenvalue weighted by molar-refractivity contribution is 6.09. The molecule has 224 valence electrons. The molecule has 10 rings (SSSR count). The molecular weight excluding hydrogens is 534 g/mol. The summed E-state index contributed by atoms with van der Waals surface area (Å²) >= 11 is 0. The van der Waals surface area contributed by atoms with E-state index in [1.54, 1.807) is 5.56 Å². The number of hydrogen-bond donors (Lipinski definition) is 0. The minimum Gasteiger partial charge on any atom is -0.353 e. The van der Waals surface area contributed by atoms with Crippen molar-refractivity contribution in [2.75, 3.05) is 21.7 Å². The first-order valence-electron chi connectivity index (χ1n) is 16.8. The molecule has 0 N–H and O–H groups in total. The zero-order valence-electron chi connectivity index (χ0n) is 27.7. The van der Waals surface area contributed by atoms with Gasteiger partial charge in [0.15, 0.2) is 0 Å². The molecule has 0 radical (unpaired) electrons. The van der Waals surface area contributed by atoms with Gasteiger partial charge in [0, 0.05) is 68.4 Å². The van der Waals surface area contributed by atoms with E-state index in [1.807, 2.05) is 27.7 Å². The lowest BCUT2D eigenvalue weighted by atomic mass is 9.61. The molecule has 2 saturated carbocycles. The molecule has 0 saturated heterocycles. The van der Waals surface area contributed by atoms with E-state index >= 15 is 0 Å². The molecule has 2 aliphatic carbocycles. The van der Waals surface area contributed by atoms with Crippen molar-refractivity contribution < 1.29 is 0 Å². The molecule has 0 amide bonds. The summed E-state index contributed by atoms with van der Waals surface area (Å²) in [6.07, 6.45) is 0.312. The summed E-state index contributed by atoms with van der Waals surface area (Å²) in [7, 11) is 2.34. The summed E-state index contributed by atoms with van der Waals surface area (Å²) in [6.45, 7) is 18.0. The Hall–Kier alpha value is -3.98. The van der Waals surface area contributed by atoms with E-state index in [-0.39, 0.29) is 16.2 Å². The summed E-state index contributed by atoms with van der Waals surface area (Å²) in [5.74, 6) is 0.658. The lowest BCUT2D eigenvalue weighted by Gasteiger charge is -2.60. The Bertz CT molecular complexity index is 1980. The van der Waals surface area contributed by atoms with Crippen molar-refractivity contribution in [1.29, 1.82) is 0 Å². The largest absolute Gasteiger partial charge is 0.353 e. The second-order valence-electron chi connectivity index (χ2n) is 13.5. The van der Waals surface area contributed by atoms with Crippen LogP contribution in [0.5, 0.6) is 0 Å². The van der Waals surface area contributed by atoms with Crippen molar-refractivity contribution >= 4 is 50.0 Å². The highest BCUT2D eigenvalue weighted by Crippen LogP contribution is 3.03. The maximum absolute atomic E-state index is 2.72. The normalized spacial score (nSPS) is 30.8. The second kappa shape index (κ2) is 8.81. The average Bonchev–Trinajstić information content (AvgIpc) is 3.89. The molecule has 1 spiro atoms. The van der Waals surface area contributed by atoms with Crippen LogP contribution in [0.2, 0.25) is 0 Å². The number of benzene rings is 5. The summed E-state index contributed by atoms with van der Waals surface area (Å²) in [5.41, 5.74) is 10.5. The fourth-order valence-corrected chi connectivity index (χ4v) is 11.0. The third-order valence-electron chi connectivity index (χ3n) is 12.4. The van der Waals surface area contributed by atoms with Crippen LogP contribution in [0.15, 0.2) is 91.0 Å². The average molecular weight is 580 g/mol. The van der Waals surface area contributed by atoms with Crippen LogP contribution in [0.3, 0.4) is 0 Å². The predicted octanol–water partition coefficient (Wildman–Crippen LogP) is 10.7. The van der Waals surface area contributed by atoms with Crippen LogP contribution in [-0.4, -0.2) is 19.3 Å². The van der Waals surface area contributed by atoms with Crippen molar-refractivity contribution in [1.82, 2.24) is 0 Å². The Labute approximate surface area is 263 Å². The van der Waals surface area contributed by atoms with Gasteiger partial charge in [0.05, 0.1) is 5.69 Å². The van der Waals surface area contributed by atoms with Gasteiger partial charge in [-0.15, -0.1) is 0 Å². The maximum Gasteiger partial charge on any atom is 0.113 e. The number of hydrogen-bond acceptors (Lipinski definition) is 3. The van der Waals surface area contributed by atoms with Crippen LogP contribution in [-0.2, 0) is 5.41 Å².